The van der Waals surface area contributed by atoms with Gasteiger partial charge in [-0.05, 0) is 49.8 Å². The maximum atomic E-state index is 12.5. The van der Waals surface area contributed by atoms with E-state index < -0.39 is 0 Å². The highest BCUT2D eigenvalue weighted by atomic mass is 32.1. The van der Waals surface area contributed by atoms with Crippen molar-refractivity contribution in [1.82, 2.24) is 14.5 Å². The summed E-state index contributed by atoms with van der Waals surface area (Å²) < 4.78 is 1.54. The van der Waals surface area contributed by atoms with Gasteiger partial charge in [-0.2, -0.15) is 0 Å². The number of aromatic nitrogens is 3. The third-order valence-corrected chi connectivity index (χ3v) is 5.76. The Kier molecular flexibility index (Phi) is 3.53. The molecule has 1 aliphatic rings. The summed E-state index contributed by atoms with van der Waals surface area (Å²) >= 11 is 1.77. The Hall–Kier alpha value is -2.01. The first kappa shape index (κ1) is 14.6. The minimum absolute atomic E-state index is 0.00729. The van der Waals surface area contributed by atoms with Gasteiger partial charge < -0.3 is 4.57 Å². The fraction of sp³-hybridized carbons (Fsp3) is 0.389. The van der Waals surface area contributed by atoms with E-state index in [0.29, 0.717) is 5.39 Å². The predicted octanol–water partition coefficient (Wildman–Crippen LogP) is 3.50. The van der Waals surface area contributed by atoms with Gasteiger partial charge in [0.25, 0.3) is 5.56 Å². The monoisotopic (exact) mass is 325 g/mol. The second-order valence-corrected chi connectivity index (χ2v) is 7.23. The summed E-state index contributed by atoms with van der Waals surface area (Å²) in [6, 6.07) is 4.13. The number of benzene rings is 1. The summed E-state index contributed by atoms with van der Waals surface area (Å²) in [6.45, 7) is 2.11. The van der Waals surface area contributed by atoms with Crippen LogP contribution in [0.15, 0.2) is 23.3 Å². The molecule has 2 aromatic heterocycles. The largest absolute Gasteiger partial charge is 0.302 e. The lowest BCUT2D eigenvalue weighted by atomic mass is 10.0. The second kappa shape index (κ2) is 5.57. The zero-order chi connectivity index (χ0) is 16.0. The van der Waals surface area contributed by atoms with Crippen molar-refractivity contribution in [1.29, 1.82) is 0 Å². The summed E-state index contributed by atoms with van der Waals surface area (Å²) in [4.78, 5) is 23.3. The molecule has 4 nitrogen and oxygen atoms in total. The van der Waals surface area contributed by atoms with Crippen LogP contribution >= 0.6 is 11.3 Å². The van der Waals surface area contributed by atoms with E-state index in [1.54, 1.807) is 29.3 Å². The molecule has 0 saturated heterocycles. The van der Waals surface area contributed by atoms with Crippen LogP contribution in [0.5, 0.6) is 0 Å². The van der Waals surface area contributed by atoms with Crippen molar-refractivity contribution in [2.45, 2.75) is 39.0 Å². The molecule has 0 radical (unpaired) electrons. The van der Waals surface area contributed by atoms with Gasteiger partial charge in [0, 0.05) is 17.5 Å². The minimum atomic E-state index is 0.00729. The fourth-order valence-electron chi connectivity index (χ4n) is 3.22. The molecular weight excluding hydrogens is 306 g/mol. The Morgan fingerprint density at radius 3 is 2.87 bits per heavy atom. The highest BCUT2D eigenvalue weighted by Crippen LogP contribution is 2.35. The number of nitrogens with zero attached hydrogens (tertiary/aromatic N) is 3. The van der Waals surface area contributed by atoms with E-state index in [9.17, 15) is 4.79 Å². The number of hydrogen-bond donors (Lipinski definition) is 0. The van der Waals surface area contributed by atoms with Crippen molar-refractivity contribution in [3.63, 3.8) is 0 Å². The predicted molar refractivity (Wildman–Crippen MR) is 94.1 cm³/mol. The molecule has 0 saturated carbocycles. The zero-order valence-electron chi connectivity index (χ0n) is 13.4. The van der Waals surface area contributed by atoms with Crippen LogP contribution in [0.3, 0.4) is 0 Å². The minimum Gasteiger partial charge on any atom is -0.302 e. The Morgan fingerprint density at radius 1 is 1.26 bits per heavy atom. The highest BCUT2D eigenvalue weighted by molar-refractivity contribution is 7.15. The maximum absolute atomic E-state index is 12.5. The van der Waals surface area contributed by atoms with Crippen LogP contribution in [0.1, 0.15) is 35.9 Å². The molecule has 3 aromatic rings. The first-order valence-corrected chi connectivity index (χ1v) is 8.96. The van der Waals surface area contributed by atoms with Gasteiger partial charge >= 0.3 is 0 Å². The van der Waals surface area contributed by atoms with Crippen LogP contribution in [0.2, 0.25) is 0 Å². The number of fused-ring (bicyclic) bond motifs is 2. The van der Waals surface area contributed by atoms with Gasteiger partial charge in [0.15, 0.2) is 0 Å². The van der Waals surface area contributed by atoms with E-state index in [1.165, 1.54) is 23.4 Å². The van der Waals surface area contributed by atoms with Crippen LogP contribution in [0.25, 0.3) is 21.5 Å². The number of aryl methyl sites for hydroxylation is 4. The van der Waals surface area contributed by atoms with Gasteiger partial charge in [-0.1, -0.05) is 6.92 Å². The lowest BCUT2D eigenvalue weighted by Gasteiger charge is -2.07. The smallest absolute Gasteiger partial charge is 0.260 e. The van der Waals surface area contributed by atoms with Gasteiger partial charge in [-0.15, -0.1) is 11.3 Å². The fourth-order valence-corrected chi connectivity index (χ4v) is 4.38. The van der Waals surface area contributed by atoms with E-state index in [2.05, 4.69) is 18.0 Å². The molecule has 23 heavy (non-hydrogen) atoms. The highest BCUT2D eigenvalue weighted by Gasteiger charge is 2.19. The van der Waals surface area contributed by atoms with Gasteiger partial charge in [-0.3, -0.25) is 4.79 Å². The molecule has 5 heteroatoms. The standard InChI is InChI=1S/C18H19N3OS/c1-3-11-8-12(16-13(9-11)18(22)21(2)10-19-16)17-20-14-6-4-5-7-15(14)23-17/h8-10H,3-7H2,1-2H3. The molecule has 0 unspecified atom stereocenters. The van der Waals surface area contributed by atoms with Crippen LogP contribution in [0.4, 0.5) is 0 Å². The third kappa shape index (κ3) is 2.39. The lowest BCUT2D eigenvalue weighted by molar-refractivity contribution is 0.682. The van der Waals surface area contributed by atoms with Crippen molar-refractivity contribution in [2.75, 3.05) is 0 Å². The van der Waals surface area contributed by atoms with Crippen LogP contribution in [-0.2, 0) is 26.3 Å². The quantitative estimate of drug-likeness (QED) is 0.724. The second-order valence-electron chi connectivity index (χ2n) is 6.15. The molecular formula is C18H19N3OS. The van der Waals surface area contributed by atoms with E-state index in [4.69, 9.17) is 4.98 Å². The van der Waals surface area contributed by atoms with Crippen molar-refractivity contribution in [3.05, 3.63) is 44.9 Å². The van der Waals surface area contributed by atoms with Crippen LogP contribution in [-0.4, -0.2) is 14.5 Å². The van der Waals surface area contributed by atoms with Crippen molar-refractivity contribution in [2.24, 2.45) is 7.05 Å². The van der Waals surface area contributed by atoms with E-state index in [1.807, 2.05) is 6.07 Å². The third-order valence-electron chi connectivity index (χ3n) is 4.56. The number of rotatable bonds is 2. The summed E-state index contributed by atoms with van der Waals surface area (Å²) in [5, 5.41) is 1.70. The number of hydrogen-bond acceptors (Lipinski definition) is 4. The van der Waals surface area contributed by atoms with Crippen LogP contribution < -0.4 is 5.56 Å². The summed E-state index contributed by atoms with van der Waals surface area (Å²) in [6.07, 6.45) is 7.19. The molecule has 0 fully saturated rings. The van der Waals surface area contributed by atoms with Gasteiger partial charge in [-0.25, -0.2) is 9.97 Å². The molecule has 0 atom stereocenters. The first-order valence-electron chi connectivity index (χ1n) is 8.14. The van der Waals surface area contributed by atoms with Crippen molar-refractivity contribution >= 4 is 22.2 Å². The first-order chi connectivity index (χ1) is 11.2. The Bertz CT molecular complexity index is 931. The van der Waals surface area contributed by atoms with Gasteiger partial charge in [0.05, 0.1) is 22.9 Å². The lowest BCUT2D eigenvalue weighted by Crippen LogP contribution is -2.17. The molecule has 0 bridgehead atoms. The molecule has 0 spiro atoms. The van der Waals surface area contributed by atoms with Gasteiger partial charge in [0.1, 0.15) is 5.01 Å². The van der Waals surface area contributed by atoms with Crippen molar-refractivity contribution in [3.8, 4) is 10.6 Å². The average molecular weight is 325 g/mol. The van der Waals surface area contributed by atoms with E-state index >= 15 is 0 Å². The molecule has 1 aliphatic carbocycles. The SMILES string of the molecule is CCc1cc(-c2nc3c(s2)CCCC3)c2ncn(C)c(=O)c2c1. The maximum Gasteiger partial charge on any atom is 0.260 e. The summed E-state index contributed by atoms with van der Waals surface area (Å²) in [5.74, 6) is 0. The Morgan fingerprint density at radius 2 is 2.09 bits per heavy atom. The molecule has 0 aliphatic heterocycles. The summed E-state index contributed by atoms with van der Waals surface area (Å²) in [7, 11) is 1.75. The molecule has 2 heterocycles. The van der Waals surface area contributed by atoms with Gasteiger partial charge in [0.2, 0.25) is 0 Å². The molecule has 4 rings (SSSR count). The zero-order valence-corrected chi connectivity index (χ0v) is 14.2. The Labute approximate surface area is 138 Å². The normalized spacial score (nSPS) is 14.2. The van der Waals surface area contributed by atoms with Crippen LogP contribution in [0, 0.1) is 0 Å². The number of thiazole rings is 1. The van der Waals surface area contributed by atoms with Crippen molar-refractivity contribution < 1.29 is 0 Å². The molecule has 1 aromatic carbocycles. The Balaban J connectivity index is 2.00. The molecule has 0 N–H and O–H groups in total. The average Bonchev–Trinajstić information content (AvgIpc) is 3.01. The summed E-state index contributed by atoms with van der Waals surface area (Å²) in [5.41, 5.74) is 4.20. The topological polar surface area (TPSA) is 47.8 Å². The van der Waals surface area contributed by atoms with E-state index in [0.717, 1.165) is 40.9 Å². The molecule has 118 valence electrons. The molecule has 0 amide bonds. The van der Waals surface area contributed by atoms with E-state index in [-0.39, 0.29) is 5.56 Å².